The maximum absolute atomic E-state index is 13.3. The van der Waals surface area contributed by atoms with Gasteiger partial charge in [0.25, 0.3) is 5.91 Å². The Morgan fingerprint density at radius 1 is 1.39 bits per heavy atom. The summed E-state index contributed by atoms with van der Waals surface area (Å²) in [6.45, 7) is 3.86. The van der Waals surface area contributed by atoms with Gasteiger partial charge in [-0.25, -0.2) is 9.37 Å². The number of aromatic nitrogens is 3. The molecule has 0 bridgehead atoms. The molecule has 0 saturated heterocycles. The Kier molecular flexibility index (Phi) is 3.36. The first-order chi connectivity index (χ1) is 8.58. The van der Waals surface area contributed by atoms with Crippen molar-refractivity contribution in [2.24, 2.45) is 0 Å². The second kappa shape index (κ2) is 4.95. The quantitative estimate of drug-likeness (QED) is 0.875. The number of amides is 1. The van der Waals surface area contributed by atoms with E-state index in [4.69, 9.17) is 0 Å². The Labute approximate surface area is 103 Å². The Balaban J connectivity index is 2.15. The average molecular weight is 248 g/mol. The van der Waals surface area contributed by atoms with Crippen molar-refractivity contribution in [3.63, 3.8) is 0 Å². The molecule has 0 aliphatic carbocycles. The van der Waals surface area contributed by atoms with Crippen LogP contribution in [-0.2, 0) is 0 Å². The van der Waals surface area contributed by atoms with Crippen molar-refractivity contribution in [3.05, 3.63) is 41.7 Å². The third kappa shape index (κ3) is 2.53. The fourth-order valence-corrected chi connectivity index (χ4v) is 1.37. The standard InChI is InChI=1S/C12H13FN4O/c1-7(2)10-15-11(17-16-10)12(18)14-9-6-4-3-5-8(9)13/h3-7H,1-2H3,(H,14,18)(H,15,16,17). The highest BCUT2D eigenvalue weighted by Gasteiger charge is 2.15. The zero-order chi connectivity index (χ0) is 13.1. The number of H-pyrrole nitrogens is 1. The molecule has 0 saturated carbocycles. The number of carbonyl (C=O) groups excluding carboxylic acids is 1. The van der Waals surface area contributed by atoms with Crippen LogP contribution >= 0.6 is 0 Å². The van der Waals surface area contributed by atoms with Crippen molar-refractivity contribution in [1.29, 1.82) is 0 Å². The van der Waals surface area contributed by atoms with Gasteiger partial charge in [-0.2, -0.15) is 0 Å². The minimum Gasteiger partial charge on any atom is -0.317 e. The van der Waals surface area contributed by atoms with Gasteiger partial charge in [-0.05, 0) is 12.1 Å². The predicted octanol–water partition coefficient (Wildman–Crippen LogP) is 2.32. The number of rotatable bonds is 3. The van der Waals surface area contributed by atoms with E-state index in [-0.39, 0.29) is 17.4 Å². The van der Waals surface area contributed by atoms with Gasteiger partial charge >= 0.3 is 0 Å². The van der Waals surface area contributed by atoms with E-state index in [0.717, 1.165) is 0 Å². The zero-order valence-electron chi connectivity index (χ0n) is 10.1. The molecule has 0 unspecified atom stereocenters. The highest BCUT2D eigenvalue weighted by molar-refractivity contribution is 6.01. The van der Waals surface area contributed by atoms with Crippen LogP contribution in [0.2, 0.25) is 0 Å². The molecule has 2 rings (SSSR count). The van der Waals surface area contributed by atoms with Gasteiger partial charge in [-0.1, -0.05) is 26.0 Å². The van der Waals surface area contributed by atoms with E-state index >= 15 is 0 Å². The third-order valence-electron chi connectivity index (χ3n) is 2.37. The number of carbonyl (C=O) groups is 1. The Bertz CT molecular complexity index is 565. The molecule has 0 atom stereocenters. The number of nitrogens with zero attached hydrogens (tertiary/aromatic N) is 2. The number of hydrogen-bond donors (Lipinski definition) is 2. The molecule has 2 aromatic rings. The van der Waals surface area contributed by atoms with Crippen molar-refractivity contribution in [1.82, 2.24) is 15.2 Å². The van der Waals surface area contributed by atoms with Gasteiger partial charge < -0.3 is 5.32 Å². The van der Waals surface area contributed by atoms with Crippen LogP contribution in [0.1, 0.15) is 36.2 Å². The minimum atomic E-state index is -0.539. The monoisotopic (exact) mass is 248 g/mol. The highest BCUT2D eigenvalue weighted by Crippen LogP contribution is 2.13. The summed E-state index contributed by atoms with van der Waals surface area (Å²) in [6.07, 6.45) is 0. The number of anilines is 1. The number of benzene rings is 1. The molecule has 18 heavy (non-hydrogen) atoms. The van der Waals surface area contributed by atoms with E-state index in [0.29, 0.717) is 5.82 Å². The summed E-state index contributed by atoms with van der Waals surface area (Å²) < 4.78 is 13.3. The summed E-state index contributed by atoms with van der Waals surface area (Å²) in [5.41, 5.74) is 0.110. The maximum Gasteiger partial charge on any atom is 0.295 e. The lowest BCUT2D eigenvalue weighted by Gasteiger charge is -2.02. The SMILES string of the molecule is CC(C)c1nc(C(=O)Nc2ccccc2F)n[nH]1. The first-order valence-electron chi connectivity index (χ1n) is 5.56. The summed E-state index contributed by atoms with van der Waals surface area (Å²) in [6, 6.07) is 5.93. The first-order valence-corrected chi connectivity index (χ1v) is 5.56. The average Bonchev–Trinajstić information content (AvgIpc) is 2.81. The summed E-state index contributed by atoms with van der Waals surface area (Å²) in [5, 5.41) is 8.88. The predicted molar refractivity (Wildman–Crippen MR) is 64.8 cm³/mol. The fourth-order valence-electron chi connectivity index (χ4n) is 1.37. The van der Waals surface area contributed by atoms with Gasteiger partial charge in [-0.15, -0.1) is 5.10 Å². The van der Waals surface area contributed by atoms with Gasteiger partial charge in [0.05, 0.1) is 5.69 Å². The van der Waals surface area contributed by atoms with Crippen LogP contribution in [0.25, 0.3) is 0 Å². The normalized spacial score (nSPS) is 10.7. The lowest BCUT2D eigenvalue weighted by molar-refractivity contribution is 0.101. The number of para-hydroxylation sites is 1. The molecule has 1 heterocycles. The molecular weight excluding hydrogens is 235 g/mol. The maximum atomic E-state index is 13.3. The van der Waals surface area contributed by atoms with Crippen LogP contribution in [0.5, 0.6) is 0 Å². The Morgan fingerprint density at radius 2 is 2.11 bits per heavy atom. The second-order valence-corrected chi connectivity index (χ2v) is 4.13. The Hall–Kier alpha value is -2.24. The van der Waals surface area contributed by atoms with Crippen LogP contribution < -0.4 is 5.32 Å². The van der Waals surface area contributed by atoms with E-state index in [9.17, 15) is 9.18 Å². The number of aromatic amines is 1. The molecule has 0 aliphatic heterocycles. The lowest BCUT2D eigenvalue weighted by atomic mass is 10.2. The van der Waals surface area contributed by atoms with Gasteiger partial charge in [0.15, 0.2) is 0 Å². The third-order valence-corrected chi connectivity index (χ3v) is 2.37. The fraction of sp³-hybridized carbons (Fsp3) is 0.250. The zero-order valence-corrected chi connectivity index (χ0v) is 10.1. The Morgan fingerprint density at radius 3 is 2.72 bits per heavy atom. The molecule has 0 fully saturated rings. The van der Waals surface area contributed by atoms with Gasteiger partial charge in [0.1, 0.15) is 11.6 Å². The molecule has 0 radical (unpaired) electrons. The summed E-state index contributed by atoms with van der Waals surface area (Å²) >= 11 is 0. The number of halogens is 1. The van der Waals surface area contributed by atoms with Gasteiger partial charge in [-0.3, -0.25) is 9.89 Å². The second-order valence-electron chi connectivity index (χ2n) is 4.13. The van der Waals surface area contributed by atoms with Crippen molar-refractivity contribution < 1.29 is 9.18 Å². The van der Waals surface area contributed by atoms with Crippen LogP contribution in [0.4, 0.5) is 10.1 Å². The topological polar surface area (TPSA) is 70.7 Å². The van der Waals surface area contributed by atoms with Gasteiger partial charge in [0.2, 0.25) is 5.82 Å². The van der Waals surface area contributed by atoms with E-state index < -0.39 is 11.7 Å². The minimum absolute atomic E-state index is 0.00181. The molecule has 6 heteroatoms. The molecule has 0 spiro atoms. The van der Waals surface area contributed by atoms with Crippen LogP contribution in [-0.4, -0.2) is 21.1 Å². The van der Waals surface area contributed by atoms with Crippen molar-refractivity contribution in [2.45, 2.75) is 19.8 Å². The molecule has 1 amide bonds. The molecular formula is C12H13FN4O. The lowest BCUT2D eigenvalue weighted by Crippen LogP contribution is -2.14. The molecule has 5 nitrogen and oxygen atoms in total. The highest BCUT2D eigenvalue weighted by atomic mass is 19.1. The summed E-state index contributed by atoms with van der Waals surface area (Å²) in [7, 11) is 0. The molecule has 1 aromatic heterocycles. The van der Waals surface area contributed by atoms with E-state index in [2.05, 4.69) is 20.5 Å². The smallest absolute Gasteiger partial charge is 0.295 e. The molecule has 2 N–H and O–H groups in total. The first kappa shape index (κ1) is 12.2. The molecule has 0 aliphatic rings. The summed E-state index contributed by atoms with van der Waals surface area (Å²) in [5.74, 6) is -0.267. The van der Waals surface area contributed by atoms with Crippen molar-refractivity contribution in [2.75, 3.05) is 5.32 Å². The van der Waals surface area contributed by atoms with Crippen molar-refractivity contribution >= 4 is 11.6 Å². The van der Waals surface area contributed by atoms with E-state index in [1.807, 2.05) is 13.8 Å². The number of hydrogen-bond acceptors (Lipinski definition) is 3. The molecule has 1 aromatic carbocycles. The van der Waals surface area contributed by atoms with E-state index in [1.54, 1.807) is 12.1 Å². The van der Waals surface area contributed by atoms with Crippen LogP contribution in [0.3, 0.4) is 0 Å². The summed E-state index contributed by atoms with van der Waals surface area (Å²) in [4.78, 5) is 15.8. The van der Waals surface area contributed by atoms with E-state index in [1.165, 1.54) is 12.1 Å². The largest absolute Gasteiger partial charge is 0.317 e. The number of nitrogens with one attached hydrogen (secondary N) is 2. The van der Waals surface area contributed by atoms with Gasteiger partial charge in [0, 0.05) is 5.92 Å². The van der Waals surface area contributed by atoms with Crippen LogP contribution in [0.15, 0.2) is 24.3 Å². The van der Waals surface area contributed by atoms with Crippen molar-refractivity contribution in [3.8, 4) is 0 Å². The van der Waals surface area contributed by atoms with Crippen LogP contribution in [0, 0.1) is 5.82 Å². The molecule has 94 valence electrons.